The Kier molecular flexibility index (Phi) is 10.8. The molecular formula is C30H35ClN2O5. The second-order valence-corrected chi connectivity index (χ2v) is 9.77. The van der Waals surface area contributed by atoms with E-state index in [1.165, 1.54) is 0 Å². The first-order valence-corrected chi connectivity index (χ1v) is 12.9. The van der Waals surface area contributed by atoms with Gasteiger partial charge in [0.1, 0.15) is 23.3 Å². The Balaban J connectivity index is 1.91. The predicted molar refractivity (Wildman–Crippen MR) is 149 cm³/mol. The molecule has 0 aliphatic heterocycles. The fraction of sp³-hybridized carbons (Fsp3) is 0.333. The highest BCUT2D eigenvalue weighted by atomic mass is 35.5. The Hall–Kier alpha value is -3.71. The van der Waals surface area contributed by atoms with Gasteiger partial charge in [0.2, 0.25) is 5.91 Å². The lowest BCUT2D eigenvalue weighted by Gasteiger charge is -2.31. The van der Waals surface area contributed by atoms with Crippen molar-refractivity contribution in [2.45, 2.75) is 32.9 Å². The first-order chi connectivity index (χ1) is 18.3. The molecule has 0 spiro atoms. The number of carbonyl (C=O) groups excluding carboxylic acids is 2. The minimum atomic E-state index is -0.758. The number of rotatable bonds is 13. The maximum atomic E-state index is 13.7. The van der Waals surface area contributed by atoms with Crippen molar-refractivity contribution in [1.29, 1.82) is 0 Å². The maximum Gasteiger partial charge on any atom is 0.261 e. The van der Waals surface area contributed by atoms with Crippen LogP contribution in [0.5, 0.6) is 17.2 Å². The molecule has 38 heavy (non-hydrogen) atoms. The summed E-state index contributed by atoms with van der Waals surface area (Å²) in [7, 11) is 3.08. The van der Waals surface area contributed by atoms with Crippen LogP contribution in [0.1, 0.15) is 25.0 Å². The quantitative estimate of drug-likeness (QED) is 0.326. The van der Waals surface area contributed by atoms with Crippen molar-refractivity contribution in [3.63, 3.8) is 0 Å². The lowest BCUT2D eigenvalue weighted by Crippen LogP contribution is -2.52. The lowest BCUT2D eigenvalue weighted by molar-refractivity contribution is -0.142. The molecule has 7 nitrogen and oxygen atoms in total. The smallest absolute Gasteiger partial charge is 0.261 e. The summed E-state index contributed by atoms with van der Waals surface area (Å²) in [6, 6.07) is 21.2. The number of nitrogens with one attached hydrogen (secondary N) is 1. The van der Waals surface area contributed by atoms with Gasteiger partial charge in [-0.05, 0) is 29.2 Å². The molecular weight excluding hydrogens is 504 g/mol. The van der Waals surface area contributed by atoms with Gasteiger partial charge in [0.25, 0.3) is 5.91 Å². The van der Waals surface area contributed by atoms with Gasteiger partial charge >= 0.3 is 0 Å². The third-order valence-corrected chi connectivity index (χ3v) is 6.12. The van der Waals surface area contributed by atoms with E-state index in [2.05, 4.69) is 5.32 Å². The van der Waals surface area contributed by atoms with Crippen molar-refractivity contribution in [1.82, 2.24) is 10.2 Å². The van der Waals surface area contributed by atoms with Gasteiger partial charge in [-0.25, -0.2) is 0 Å². The number of nitrogens with zero attached hydrogens (tertiary/aromatic N) is 1. The van der Waals surface area contributed by atoms with Gasteiger partial charge in [-0.2, -0.15) is 0 Å². The van der Waals surface area contributed by atoms with Crippen LogP contribution in [0, 0.1) is 5.92 Å². The van der Waals surface area contributed by atoms with E-state index in [0.29, 0.717) is 35.2 Å². The molecule has 3 rings (SSSR count). The Bertz CT molecular complexity index is 1180. The van der Waals surface area contributed by atoms with Crippen LogP contribution in [0.4, 0.5) is 0 Å². The molecule has 8 heteroatoms. The molecule has 0 aliphatic rings. The number of ether oxygens (including phenoxy) is 3. The highest BCUT2D eigenvalue weighted by Gasteiger charge is 2.31. The standard InChI is InChI=1S/C30H35ClN2O5/c1-21(2)18-32-30(35)28(14-22-9-6-5-7-10-22)33(19-23-11-8-12-24(31)13-23)29(34)20-38-27-16-25(36-3)15-26(17-27)37-4/h5-13,15-17,21,28H,14,18-20H2,1-4H3,(H,32,35)/t28-/m1/s1. The number of amides is 2. The molecule has 1 atom stereocenters. The Labute approximate surface area is 229 Å². The van der Waals surface area contributed by atoms with Crippen LogP contribution in [0.2, 0.25) is 5.02 Å². The molecule has 0 aliphatic carbocycles. The third kappa shape index (κ3) is 8.70. The summed E-state index contributed by atoms with van der Waals surface area (Å²) in [5.41, 5.74) is 1.75. The molecule has 3 aromatic carbocycles. The number of benzene rings is 3. The zero-order valence-electron chi connectivity index (χ0n) is 22.3. The first kappa shape index (κ1) is 28.9. The number of halogens is 1. The SMILES string of the molecule is COc1cc(OC)cc(OCC(=O)N(Cc2cccc(Cl)c2)[C@H](Cc2ccccc2)C(=O)NCC(C)C)c1. The van der Waals surface area contributed by atoms with Crippen LogP contribution >= 0.6 is 11.6 Å². The van der Waals surface area contributed by atoms with Crippen LogP contribution in [0.15, 0.2) is 72.8 Å². The monoisotopic (exact) mass is 538 g/mol. The number of carbonyl (C=O) groups is 2. The summed E-state index contributed by atoms with van der Waals surface area (Å²) in [5, 5.41) is 3.56. The molecule has 0 fully saturated rings. The first-order valence-electron chi connectivity index (χ1n) is 12.5. The molecule has 3 aromatic rings. The summed E-state index contributed by atoms with van der Waals surface area (Å²) >= 11 is 6.23. The van der Waals surface area contributed by atoms with Gasteiger partial charge in [-0.3, -0.25) is 9.59 Å². The van der Waals surface area contributed by atoms with Gasteiger partial charge in [-0.1, -0.05) is 67.9 Å². The topological polar surface area (TPSA) is 77.1 Å². The molecule has 2 amide bonds. The van der Waals surface area contributed by atoms with Crippen LogP contribution in [-0.2, 0) is 22.6 Å². The summed E-state index contributed by atoms with van der Waals surface area (Å²) in [4.78, 5) is 28.8. The van der Waals surface area contributed by atoms with Crippen molar-refractivity contribution >= 4 is 23.4 Å². The summed E-state index contributed by atoms with van der Waals surface area (Å²) in [6.45, 7) is 4.47. The predicted octanol–water partition coefficient (Wildman–Crippen LogP) is 5.15. The Morgan fingerprint density at radius 2 is 1.50 bits per heavy atom. The van der Waals surface area contributed by atoms with Gasteiger partial charge in [-0.15, -0.1) is 0 Å². The zero-order chi connectivity index (χ0) is 27.5. The van der Waals surface area contributed by atoms with Crippen molar-refractivity contribution in [3.8, 4) is 17.2 Å². The average molecular weight is 539 g/mol. The van der Waals surface area contributed by atoms with E-state index in [4.69, 9.17) is 25.8 Å². The van der Waals surface area contributed by atoms with Crippen molar-refractivity contribution < 1.29 is 23.8 Å². The van der Waals surface area contributed by atoms with Crippen LogP contribution < -0.4 is 19.5 Å². The Morgan fingerprint density at radius 1 is 0.868 bits per heavy atom. The van der Waals surface area contributed by atoms with E-state index in [1.807, 2.05) is 56.3 Å². The second kappa shape index (κ2) is 14.3. The van der Waals surface area contributed by atoms with E-state index in [0.717, 1.165) is 11.1 Å². The highest BCUT2D eigenvalue weighted by molar-refractivity contribution is 6.30. The third-order valence-electron chi connectivity index (χ3n) is 5.88. The molecule has 202 valence electrons. The van der Waals surface area contributed by atoms with E-state index in [9.17, 15) is 9.59 Å². The molecule has 0 radical (unpaired) electrons. The number of methoxy groups -OCH3 is 2. The molecule has 0 saturated carbocycles. The second-order valence-electron chi connectivity index (χ2n) is 9.33. The Morgan fingerprint density at radius 3 is 2.11 bits per heavy atom. The molecule has 0 unspecified atom stereocenters. The average Bonchev–Trinajstić information content (AvgIpc) is 2.92. The van der Waals surface area contributed by atoms with Gasteiger partial charge in [0, 0.05) is 42.7 Å². The van der Waals surface area contributed by atoms with E-state index in [1.54, 1.807) is 49.5 Å². The molecule has 0 saturated heterocycles. The van der Waals surface area contributed by atoms with Gasteiger partial charge < -0.3 is 24.4 Å². The van der Waals surface area contributed by atoms with Crippen molar-refractivity contribution in [2.24, 2.45) is 5.92 Å². The zero-order valence-corrected chi connectivity index (χ0v) is 23.0. The summed E-state index contributed by atoms with van der Waals surface area (Å²) in [6.07, 6.45) is 0.351. The molecule has 0 aromatic heterocycles. The fourth-order valence-corrected chi connectivity index (χ4v) is 4.11. The minimum absolute atomic E-state index is 0.191. The van der Waals surface area contributed by atoms with Crippen molar-refractivity contribution in [3.05, 3.63) is 88.9 Å². The highest BCUT2D eigenvalue weighted by Crippen LogP contribution is 2.27. The summed E-state index contributed by atoms with van der Waals surface area (Å²) in [5.74, 6) is 1.20. The minimum Gasteiger partial charge on any atom is -0.496 e. The fourth-order valence-electron chi connectivity index (χ4n) is 3.90. The van der Waals surface area contributed by atoms with Gasteiger partial charge in [0.15, 0.2) is 6.61 Å². The number of hydrogen-bond donors (Lipinski definition) is 1. The molecule has 1 N–H and O–H groups in total. The normalized spacial score (nSPS) is 11.5. The van der Waals surface area contributed by atoms with Crippen LogP contribution in [0.3, 0.4) is 0 Å². The van der Waals surface area contributed by atoms with Crippen LogP contribution in [0.25, 0.3) is 0 Å². The van der Waals surface area contributed by atoms with Crippen LogP contribution in [-0.4, -0.2) is 50.1 Å². The van der Waals surface area contributed by atoms with Gasteiger partial charge in [0.05, 0.1) is 14.2 Å². The van der Waals surface area contributed by atoms with E-state index < -0.39 is 6.04 Å². The molecule has 0 bridgehead atoms. The van der Waals surface area contributed by atoms with E-state index in [-0.39, 0.29) is 30.9 Å². The van der Waals surface area contributed by atoms with Crippen molar-refractivity contribution in [2.75, 3.05) is 27.4 Å². The number of hydrogen-bond acceptors (Lipinski definition) is 5. The molecule has 0 heterocycles. The summed E-state index contributed by atoms with van der Waals surface area (Å²) < 4.78 is 16.5. The maximum absolute atomic E-state index is 13.7. The van der Waals surface area contributed by atoms with E-state index >= 15 is 0 Å². The largest absolute Gasteiger partial charge is 0.496 e. The lowest BCUT2D eigenvalue weighted by atomic mass is 10.0.